The van der Waals surface area contributed by atoms with Crippen LogP contribution in [0.25, 0.3) is 0 Å². The predicted molar refractivity (Wildman–Crippen MR) is 88.9 cm³/mol. The Labute approximate surface area is 139 Å². The molecule has 2 rings (SSSR count). The van der Waals surface area contributed by atoms with Gasteiger partial charge in [-0.15, -0.1) is 0 Å². The van der Waals surface area contributed by atoms with Crippen molar-refractivity contribution in [1.82, 2.24) is 15.0 Å². The lowest BCUT2D eigenvalue weighted by Crippen LogP contribution is -2.19. The summed E-state index contributed by atoms with van der Waals surface area (Å²) in [5.74, 6) is 2.23. The van der Waals surface area contributed by atoms with Crippen LogP contribution in [0.2, 0.25) is 0 Å². The number of methoxy groups -OCH3 is 1. The quantitative estimate of drug-likeness (QED) is 0.804. The highest BCUT2D eigenvalue weighted by atomic mass is 79.9. The topological polar surface area (TPSA) is 51.4 Å². The zero-order valence-corrected chi connectivity index (χ0v) is 15.3. The van der Waals surface area contributed by atoms with Crippen LogP contribution in [-0.2, 0) is 18.5 Å². The molecular weight excluding hydrogens is 346 g/mol. The number of aromatic nitrogens is 2. The maximum Gasteiger partial charge on any atom is 0.232 e. The summed E-state index contributed by atoms with van der Waals surface area (Å²) in [6.45, 7) is 7.53. The largest absolute Gasteiger partial charge is 0.496 e. The Bertz CT molecular complexity index is 635. The molecule has 1 heterocycles. The molecule has 0 radical (unpaired) electrons. The van der Waals surface area contributed by atoms with Crippen molar-refractivity contribution in [2.24, 2.45) is 0 Å². The second kappa shape index (κ2) is 6.79. The van der Waals surface area contributed by atoms with Crippen molar-refractivity contribution in [2.75, 3.05) is 14.2 Å². The summed E-state index contributed by atoms with van der Waals surface area (Å²) in [7, 11) is 3.70. The molecule has 0 unspecified atom stereocenters. The molecule has 0 aliphatic heterocycles. The van der Waals surface area contributed by atoms with Crippen LogP contribution >= 0.6 is 15.9 Å². The van der Waals surface area contributed by atoms with E-state index in [1.54, 1.807) is 7.11 Å². The number of halogens is 1. The zero-order chi connectivity index (χ0) is 16.3. The van der Waals surface area contributed by atoms with Gasteiger partial charge in [-0.1, -0.05) is 41.9 Å². The molecule has 5 nitrogen and oxygen atoms in total. The van der Waals surface area contributed by atoms with E-state index in [1.807, 2.05) is 19.2 Å². The molecule has 22 heavy (non-hydrogen) atoms. The van der Waals surface area contributed by atoms with Gasteiger partial charge in [0.25, 0.3) is 0 Å². The van der Waals surface area contributed by atoms with Crippen molar-refractivity contribution in [3.05, 3.63) is 40.0 Å². The van der Waals surface area contributed by atoms with E-state index >= 15 is 0 Å². The average Bonchev–Trinajstić information content (AvgIpc) is 2.87. The first-order chi connectivity index (χ1) is 10.3. The summed E-state index contributed by atoms with van der Waals surface area (Å²) >= 11 is 3.49. The van der Waals surface area contributed by atoms with Gasteiger partial charge in [-0.3, -0.25) is 4.90 Å². The maximum absolute atomic E-state index is 5.40. The molecule has 0 aliphatic carbocycles. The van der Waals surface area contributed by atoms with Gasteiger partial charge in [0.1, 0.15) is 5.75 Å². The Morgan fingerprint density at radius 1 is 1.27 bits per heavy atom. The van der Waals surface area contributed by atoms with E-state index in [0.29, 0.717) is 18.3 Å². The van der Waals surface area contributed by atoms with Gasteiger partial charge in [0.15, 0.2) is 5.82 Å². The van der Waals surface area contributed by atoms with E-state index in [2.05, 4.69) is 57.8 Å². The first kappa shape index (κ1) is 17.0. The first-order valence-electron chi connectivity index (χ1n) is 7.13. The van der Waals surface area contributed by atoms with Crippen LogP contribution in [0.3, 0.4) is 0 Å². The Balaban J connectivity index is 2.06. The molecule has 0 N–H and O–H groups in total. The van der Waals surface area contributed by atoms with Crippen molar-refractivity contribution in [3.8, 4) is 5.75 Å². The van der Waals surface area contributed by atoms with Crippen LogP contribution in [0.4, 0.5) is 0 Å². The molecule has 2 aromatic rings. The lowest BCUT2D eigenvalue weighted by atomic mass is 9.97. The lowest BCUT2D eigenvalue weighted by Gasteiger charge is -2.17. The van der Waals surface area contributed by atoms with E-state index in [0.717, 1.165) is 22.3 Å². The normalized spacial score (nSPS) is 12.0. The van der Waals surface area contributed by atoms with Crippen molar-refractivity contribution < 1.29 is 9.26 Å². The van der Waals surface area contributed by atoms with Crippen LogP contribution in [0.1, 0.15) is 38.0 Å². The second-order valence-corrected chi connectivity index (χ2v) is 7.31. The van der Waals surface area contributed by atoms with Gasteiger partial charge in [-0.2, -0.15) is 4.98 Å². The molecule has 0 bridgehead atoms. The summed E-state index contributed by atoms with van der Waals surface area (Å²) in [6.07, 6.45) is 0. The summed E-state index contributed by atoms with van der Waals surface area (Å²) in [5, 5.41) is 4.06. The molecule has 0 amide bonds. The first-order valence-corrected chi connectivity index (χ1v) is 7.93. The number of rotatable bonds is 5. The molecule has 0 saturated carbocycles. The van der Waals surface area contributed by atoms with E-state index in [-0.39, 0.29) is 5.41 Å². The smallest absolute Gasteiger partial charge is 0.232 e. The van der Waals surface area contributed by atoms with Crippen LogP contribution < -0.4 is 4.74 Å². The number of hydrogen-bond donors (Lipinski definition) is 0. The van der Waals surface area contributed by atoms with Gasteiger partial charge >= 0.3 is 0 Å². The highest BCUT2D eigenvalue weighted by molar-refractivity contribution is 9.10. The van der Waals surface area contributed by atoms with Crippen LogP contribution in [0, 0.1) is 0 Å². The average molecular weight is 368 g/mol. The fraction of sp³-hybridized carbons (Fsp3) is 0.500. The van der Waals surface area contributed by atoms with Gasteiger partial charge in [-0.25, -0.2) is 0 Å². The van der Waals surface area contributed by atoms with E-state index in [1.165, 1.54) is 0 Å². The summed E-state index contributed by atoms with van der Waals surface area (Å²) < 4.78 is 11.8. The highest BCUT2D eigenvalue weighted by Crippen LogP contribution is 2.25. The van der Waals surface area contributed by atoms with Gasteiger partial charge in [0.2, 0.25) is 5.89 Å². The molecule has 120 valence electrons. The Morgan fingerprint density at radius 3 is 2.59 bits per heavy atom. The molecule has 1 aromatic carbocycles. The minimum absolute atomic E-state index is 0.128. The Morgan fingerprint density at radius 2 is 2.00 bits per heavy atom. The number of ether oxygens (including phenoxy) is 1. The minimum atomic E-state index is -0.128. The fourth-order valence-corrected chi connectivity index (χ4v) is 2.49. The number of nitrogens with zero attached hydrogens (tertiary/aromatic N) is 3. The van der Waals surface area contributed by atoms with Crippen molar-refractivity contribution in [2.45, 2.75) is 39.3 Å². The Hall–Kier alpha value is -1.40. The number of hydrogen-bond acceptors (Lipinski definition) is 5. The van der Waals surface area contributed by atoms with Crippen LogP contribution in [-0.4, -0.2) is 29.2 Å². The highest BCUT2D eigenvalue weighted by Gasteiger charge is 2.22. The van der Waals surface area contributed by atoms with Gasteiger partial charge in [-0.05, 0) is 25.2 Å². The molecule has 0 fully saturated rings. The van der Waals surface area contributed by atoms with Crippen molar-refractivity contribution in [3.63, 3.8) is 0 Å². The molecule has 0 atom stereocenters. The van der Waals surface area contributed by atoms with Crippen LogP contribution in [0.15, 0.2) is 27.2 Å². The molecule has 0 spiro atoms. The van der Waals surface area contributed by atoms with E-state index in [4.69, 9.17) is 9.26 Å². The van der Waals surface area contributed by atoms with Crippen molar-refractivity contribution in [1.29, 1.82) is 0 Å². The van der Waals surface area contributed by atoms with E-state index in [9.17, 15) is 0 Å². The molecular formula is C16H22BrN3O2. The lowest BCUT2D eigenvalue weighted by molar-refractivity contribution is 0.288. The minimum Gasteiger partial charge on any atom is -0.496 e. The second-order valence-electron chi connectivity index (χ2n) is 6.39. The molecule has 0 aliphatic rings. The molecule has 6 heteroatoms. The zero-order valence-electron chi connectivity index (χ0n) is 13.7. The summed E-state index contributed by atoms with van der Waals surface area (Å²) in [4.78, 5) is 6.59. The summed E-state index contributed by atoms with van der Waals surface area (Å²) in [5.41, 5.74) is 0.982. The predicted octanol–water partition coefficient (Wildman–Crippen LogP) is 3.77. The van der Waals surface area contributed by atoms with Gasteiger partial charge in [0, 0.05) is 22.0 Å². The van der Waals surface area contributed by atoms with Gasteiger partial charge < -0.3 is 9.26 Å². The maximum atomic E-state index is 5.40. The number of benzene rings is 1. The molecule has 0 saturated heterocycles. The fourth-order valence-electron chi connectivity index (χ4n) is 2.08. The third kappa shape index (κ3) is 4.30. The SMILES string of the molecule is COc1ccc(Br)cc1CN(C)Cc1noc(C(C)(C)C)n1. The Kier molecular flexibility index (Phi) is 5.24. The standard InChI is InChI=1S/C16H22BrN3O2/c1-16(2,3)15-18-14(19-22-15)10-20(4)9-11-8-12(17)6-7-13(11)21-5/h6-8H,9-10H2,1-5H3. The summed E-state index contributed by atoms with van der Waals surface area (Å²) in [6, 6.07) is 5.99. The van der Waals surface area contributed by atoms with Gasteiger partial charge in [0.05, 0.1) is 13.7 Å². The third-order valence-electron chi connectivity index (χ3n) is 3.20. The van der Waals surface area contributed by atoms with E-state index < -0.39 is 0 Å². The molecule has 1 aromatic heterocycles. The third-order valence-corrected chi connectivity index (χ3v) is 3.70. The monoisotopic (exact) mass is 367 g/mol. The van der Waals surface area contributed by atoms with Crippen molar-refractivity contribution >= 4 is 15.9 Å². The van der Waals surface area contributed by atoms with Crippen LogP contribution in [0.5, 0.6) is 5.75 Å².